The second kappa shape index (κ2) is 5.75. The number of urea groups is 1. The number of halogens is 3. The van der Waals surface area contributed by atoms with Gasteiger partial charge in [-0.3, -0.25) is 0 Å². The zero-order valence-electron chi connectivity index (χ0n) is 9.47. The van der Waals surface area contributed by atoms with Crippen LogP contribution in [0.2, 0.25) is 5.02 Å². The molecule has 0 radical (unpaired) electrons. The lowest BCUT2D eigenvalue weighted by molar-refractivity contribution is 0.219. The van der Waals surface area contributed by atoms with E-state index >= 15 is 0 Å². The average Bonchev–Trinajstić information content (AvgIpc) is 2.68. The van der Waals surface area contributed by atoms with E-state index < -0.39 is 5.82 Å². The van der Waals surface area contributed by atoms with E-state index in [1.54, 1.807) is 4.90 Å². The number of carbonyl (C=O) groups excluding carboxylic acids is 1. The number of anilines is 1. The van der Waals surface area contributed by atoms with Gasteiger partial charge in [0, 0.05) is 30.7 Å². The van der Waals surface area contributed by atoms with Crippen molar-refractivity contribution in [2.24, 2.45) is 0 Å². The van der Waals surface area contributed by atoms with Gasteiger partial charge in [-0.05, 0) is 28.1 Å². The fourth-order valence-corrected chi connectivity index (χ4v) is 2.71. The molecular weight excluding hydrogens is 324 g/mol. The summed E-state index contributed by atoms with van der Waals surface area (Å²) in [5.41, 5.74) is 0.637. The third-order valence-corrected chi connectivity index (χ3v) is 3.56. The molecule has 0 aliphatic carbocycles. The minimum atomic E-state index is -0.392. The number of nitrogens with zero attached hydrogens (tertiary/aromatic N) is 1. The molecule has 0 saturated carbocycles. The van der Waals surface area contributed by atoms with Crippen LogP contribution in [0.3, 0.4) is 0 Å². The summed E-state index contributed by atoms with van der Waals surface area (Å²) in [7, 11) is 0. The highest BCUT2D eigenvalue weighted by Crippen LogP contribution is 2.31. The fourth-order valence-electron chi connectivity index (χ4n) is 1.75. The Kier molecular flexibility index (Phi) is 4.29. The first-order chi connectivity index (χ1) is 8.58. The first kappa shape index (κ1) is 13.4. The van der Waals surface area contributed by atoms with Crippen molar-refractivity contribution in [2.45, 2.75) is 0 Å². The van der Waals surface area contributed by atoms with Gasteiger partial charge in [-0.25, -0.2) is 9.18 Å². The van der Waals surface area contributed by atoms with Crippen LogP contribution in [0.4, 0.5) is 14.9 Å². The summed E-state index contributed by atoms with van der Waals surface area (Å²) in [4.78, 5) is 13.0. The summed E-state index contributed by atoms with van der Waals surface area (Å²) in [5.74, 6) is -0.392. The molecular formula is C11H12BrClFN3O. The van der Waals surface area contributed by atoms with Crippen molar-refractivity contribution in [2.75, 3.05) is 31.5 Å². The first-order valence-electron chi connectivity index (χ1n) is 5.49. The van der Waals surface area contributed by atoms with Crippen LogP contribution in [0.1, 0.15) is 0 Å². The molecule has 1 aromatic rings. The summed E-state index contributed by atoms with van der Waals surface area (Å²) in [6.45, 7) is 2.52. The molecule has 0 aromatic heterocycles. The number of benzene rings is 1. The number of rotatable bonds is 4. The van der Waals surface area contributed by atoms with E-state index in [1.165, 1.54) is 12.1 Å². The van der Waals surface area contributed by atoms with Gasteiger partial charge in [-0.1, -0.05) is 11.6 Å². The molecule has 0 spiro atoms. The van der Waals surface area contributed by atoms with E-state index in [0.717, 1.165) is 0 Å². The van der Waals surface area contributed by atoms with Crippen LogP contribution in [-0.4, -0.2) is 37.1 Å². The number of carbonyl (C=O) groups is 1. The zero-order valence-corrected chi connectivity index (χ0v) is 11.8. The Morgan fingerprint density at radius 1 is 1.56 bits per heavy atom. The van der Waals surface area contributed by atoms with Crippen LogP contribution in [0.5, 0.6) is 0 Å². The molecule has 1 fully saturated rings. The van der Waals surface area contributed by atoms with Gasteiger partial charge in [-0.2, -0.15) is 0 Å². The van der Waals surface area contributed by atoms with Crippen molar-refractivity contribution >= 4 is 39.2 Å². The molecule has 1 saturated heterocycles. The predicted molar refractivity (Wildman–Crippen MR) is 72.6 cm³/mol. The van der Waals surface area contributed by atoms with Crippen molar-refractivity contribution in [3.8, 4) is 0 Å². The largest absolute Gasteiger partial charge is 0.381 e. The van der Waals surface area contributed by atoms with E-state index in [4.69, 9.17) is 11.6 Å². The maximum Gasteiger partial charge on any atom is 0.317 e. The molecule has 98 valence electrons. The molecule has 1 aromatic carbocycles. The average molecular weight is 337 g/mol. The van der Waals surface area contributed by atoms with Crippen LogP contribution < -0.4 is 10.6 Å². The Morgan fingerprint density at radius 2 is 2.33 bits per heavy atom. The first-order valence-corrected chi connectivity index (χ1v) is 6.66. The van der Waals surface area contributed by atoms with Crippen LogP contribution in [-0.2, 0) is 0 Å². The van der Waals surface area contributed by atoms with Gasteiger partial charge in [0.15, 0.2) is 0 Å². The summed E-state index contributed by atoms with van der Waals surface area (Å²) in [6.07, 6.45) is 0. The third-order valence-electron chi connectivity index (χ3n) is 2.64. The quantitative estimate of drug-likeness (QED) is 0.888. The van der Waals surface area contributed by atoms with Gasteiger partial charge in [0.2, 0.25) is 0 Å². The number of amides is 2. The minimum Gasteiger partial charge on any atom is -0.381 e. The van der Waals surface area contributed by atoms with Gasteiger partial charge in [0.25, 0.3) is 0 Å². The maximum absolute atomic E-state index is 13.0. The van der Waals surface area contributed by atoms with Crippen LogP contribution in [0.15, 0.2) is 16.6 Å². The molecule has 1 aliphatic rings. The Hall–Kier alpha value is -1.01. The Bertz CT molecular complexity index is 449. The van der Waals surface area contributed by atoms with Crippen molar-refractivity contribution in [1.29, 1.82) is 0 Å². The van der Waals surface area contributed by atoms with Gasteiger partial charge in [0.1, 0.15) is 5.82 Å². The second-order valence-corrected chi connectivity index (χ2v) is 5.15. The van der Waals surface area contributed by atoms with Crippen LogP contribution >= 0.6 is 27.5 Å². The van der Waals surface area contributed by atoms with Crippen LogP contribution in [0.25, 0.3) is 0 Å². The maximum atomic E-state index is 13.0. The van der Waals surface area contributed by atoms with E-state index in [0.29, 0.717) is 41.4 Å². The summed E-state index contributed by atoms with van der Waals surface area (Å²) >= 11 is 9.18. The third kappa shape index (κ3) is 3.05. The molecule has 2 rings (SSSR count). The van der Waals surface area contributed by atoms with Crippen molar-refractivity contribution < 1.29 is 9.18 Å². The van der Waals surface area contributed by atoms with E-state index in [2.05, 4.69) is 26.6 Å². The fraction of sp³-hybridized carbons (Fsp3) is 0.364. The molecule has 7 heteroatoms. The van der Waals surface area contributed by atoms with E-state index in [1.807, 2.05) is 0 Å². The molecule has 18 heavy (non-hydrogen) atoms. The molecule has 2 N–H and O–H groups in total. The molecule has 0 unspecified atom stereocenters. The molecule has 1 heterocycles. The van der Waals surface area contributed by atoms with Crippen LogP contribution in [0, 0.1) is 5.82 Å². The van der Waals surface area contributed by atoms with Gasteiger partial charge in [-0.15, -0.1) is 0 Å². The SMILES string of the molecule is O=C1NCCN1CCNc1c(Cl)cc(F)cc1Br. The topological polar surface area (TPSA) is 44.4 Å². The lowest BCUT2D eigenvalue weighted by atomic mass is 10.3. The van der Waals surface area contributed by atoms with Gasteiger partial charge >= 0.3 is 6.03 Å². The lowest BCUT2D eigenvalue weighted by Gasteiger charge is -2.16. The highest BCUT2D eigenvalue weighted by molar-refractivity contribution is 9.10. The molecule has 4 nitrogen and oxygen atoms in total. The second-order valence-electron chi connectivity index (χ2n) is 3.89. The van der Waals surface area contributed by atoms with Crippen molar-refractivity contribution in [1.82, 2.24) is 10.2 Å². The molecule has 1 aliphatic heterocycles. The summed E-state index contributed by atoms with van der Waals surface area (Å²) in [5, 5.41) is 6.12. The van der Waals surface area contributed by atoms with Gasteiger partial charge in [0.05, 0.1) is 10.7 Å². The standard InChI is InChI=1S/C11H12BrClFN3O/c12-8-5-7(14)6-9(13)10(8)15-1-3-17-4-2-16-11(17)18/h5-6,15H,1-4H2,(H,16,18). The van der Waals surface area contributed by atoms with Gasteiger partial charge < -0.3 is 15.5 Å². The Balaban J connectivity index is 1.92. The smallest absolute Gasteiger partial charge is 0.317 e. The molecule has 2 amide bonds. The number of hydrogen-bond acceptors (Lipinski definition) is 2. The minimum absolute atomic E-state index is 0.0546. The lowest BCUT2D eigenvalue weighted by Crippen LogP contribution is -2.32. The number of nitrogens with one attached hydrogen (secondary N) is 2. The molecule has 0 atom stereocenters. The Morgan fingerprint density at radius 3 is 2.94 bits per heavy atom. The monoisotopic (exact) mass is 335 g/mol. The molecule has 0 bridgehead atoms. The summed E-state index contributed by atoms with van der Waals surface area (Å²) in [6, 6.07) is 2.54. The Labute approximate surface area is 118 Å². The highest BCUT2D eigenvalue weighted by Gasteiger charge is 2.18. The van der Waals surface area contributed by atoms with Crippen molar-refractivity contribution in [3.05, 3.63) is 27.4 Å². The zero-order chi connectivity index (χ0) is 13.1. The van der Waals surface area contributed by atoms with Crippen molar-refractivity contribution in [3.63, 3.8) is 0 Å². The van der Waals surface area contributed by atoms with E-state index in [-0.39, 0.29) is 6.03 Å². The predicted octanol–water partition coefficient (Wildman–Crippen LogP) is 2.68. The van der Waals surface area contributed by atoms with E-state index in [9.17, 15) is 9.18 Å². The summed E-state index contributed by atoms with van der Waals surface area (Å²) < 4.78 is 13.6. The normalized spacial score (nSPS) is 14.8. The number of hydrogen-bond donors (Lipinski definition) is 2. The highest BCUT2D eigenvalue weighted by atomic mass is 79.9.